The second kappa shape index (κ2) is 11.0. The van der Waals surface area contributed by atoms with Crippen molar-refractivity contribution < 1.29 is 4.74 Å². The molecule has 0 N–H and O–H groups in total. The van der Waals surface area contributed by atoms with Crippen LogP contribution in [0.2, 0.25) is 0 Å². The smallest absolute Gasteiger partial charge is 0.164 e. The van der Waals surface area contributed by atoms with Gasteiger partial charge in [-0.05, 0) is 45.0 Å². The fraction of sp³-hybridized carbons (Fsp3) is 0. The van der Waals surface area contributed by atoms with Gasteiger partial charge >= 0.3 is 0 Å². The summed E-state index contributed by atoms with van der Waals surface area (Å²) in [4.78, 5) is 15.2. The van der Waals surface area contributed by atoms with Crippen molar-refractivity contribution in [2.45, 2.75) is 0 Å². The van der Waals surface area contributed by atoms with Crippen LogP contribution < -0.4 is 4.74 Å². The third-order valence-corrected chi connectivity index (χ3v) is 9.51. The largest absolute Gasteiger partial charge is 0.455 e. The quantitative estimate of drug-likeness (QED) is 0.179. The van der Waals surface area contributed by atoms with E-state index in [2.05, 4.69) is 121 Å². The van der Waals surface area contributed by atoms with Crippen molar-refractivity contribution in [3.8, 4) is 67.9 Å². The first-order valence-electron chi connectivity index (χ1n) is 16.4. The summed E-state index contributed by atoms with van der Waals surface area (Å²) in [5, 5.41) is 7.06. The van der Waals surface area contributed by atoms with Gasteiger partial charge in [-0.25, -0.2) is 15.0 Å². The van der Waals surface area contributed by atoms with Crippen LogP contribution in [-0.2, 0) is 0 Å². The molecule has 0 radical (unpaired) electrons. The molecule has 0 saturated carbocycles. The molecule has 10 rings (SSSR count). The molecule has 0 aliphatic carbocycles. The number of rotatable bonds is 5. The Labute approximate surface area is 283 Å². The van der Waals surface area contributed by atoms with Gasteiger partial charge in [0.25, 0.3) is 0 Å². The standard InChI is InChI=1S/C45H27N3O/c1-3-10-28(11-4-1)29-18-24-34(25-19-29)44-46-43(33-12-5-2-6-13-33)47-45(48-44)37-16-8-7-15-35(37)36-27-26-32-23-22-31-21-20-30-14-9-17-38-39(30)40(31)41(32)42(36)49-38/h1-27H. The molecule has 0 fully saturated rings. The summed E-state index contributed by atoms with van der Waals surface area (Å²) < 4.78 is 6.84. The van der Waals surface area contributed by atoms with Gasteiger partial charge in [0.1, 0.15) is 11.5 Å². The Balaban J connectivity index is 1.18. The second-order valence-electron chi connectivity index (χ2n) is 12.4. The van der Waals surface area contributed by atoms with Crippen LogP contribution in [0.1, 0.15) is 0 Å². The van der Waals surface area contributed by atoms with E-state index in [1.165, 1.54) is 21.7 Å². The zero-order valence-corrected chi connectivity index (χ0v) is 26.3. The molecule has 0 saturated heterocycles. The summed E-state index contributed by atoms with van der Waals surface area (Å²) in [6.45, 7) is 0. The highest BCUT2D eigenvalue weighted by molar-refractivity contribution is 6.26. The number of hydrogen-bond donors (Lipinski definition) is 0. The van der Waals surface area contributed by atoms with Crippen LogP contribution in [0.4, 0.5) is 0 Å². The van der Waals surface area contributed by atoms with E-state index in [1.54, 1.807) is 0 Å². The Morgan fingerprint density at radius 1 is 0.306 bits per heavy atom. The zero-order valence-electron chi connectivity index (χ0n) is 26.3. The number of nitrogens with zero attached hydrogens (tertiary/aromatic N) is 3. The van der Waals surface area contributed by atoms with Gasteiger partial charge in [0.2, 0.25) is 0 Å². The van der Waals surface area contributed by atoms with E-state index in [4.69, 9.17) is 19.7 Å². The van der Waals surface area contributed by atoms with Crippen LogP contribution in [0.3, 0.4) is 0 Å². The molecule has 0 amide bonds. The summed E-state index contributed by atoms with van der Waals surface area (Å²) in [6, 6.07) is 56.7. The van der Waals surface area contributed by atoms with Crippen molar-refractivity contribution in [2.75, 3.05) is 0 Å². The number of ether oxygens (including phenoxy) is 1. The lowest BCUT2D eigenvalue weighted by Crippen LogP contribution is -2.02. The van der Waals surface area contributed by atoms with Crippen molar-refractivity contribution in [3.63, 3.8) is 0 Å². The molecule has 4 heteroatoms. The molecular weight excluding hydrogens is 599 g/mol. The first-order chi connectivity index (χ1) is 24.3. The van der Waals surface area contributed by atoms with Crippen LogP contribution in [-0.4, -0.2) is 15.0 Å². The summed E-state index contributed by atoms with van der Waals surface area (Å²) >= 11 is 0. The van der Waals surface area contributed by atoms with Gasteiger partial charge in [-0.15, -0.1) is 0 Å². The third-order valence-electron chi connectivity index (χ3n) is 9.51. The first-order valence-corrected chi connectivity index (χ1v) is 16.4. The Kier molecular flexibility index (Phi) is 6.15. The predicted molar refractivity (Wildman–Crippen MR) is 200 cm³/mol. The van der Waals surface area contributed by atoms with Crippen LogP contribution in [0.25, 0.3) is 88.7 Å². The molecule has 9 aromatic rings. The third kappa shape index (κ3) is 4.49. The number of hydrogen-bond acceptors (Lipinski definition) is 4. The maximum atomic E-state index is 6.84. The Morgan fingerprint density at radius 3 is 1.53 bits per heavy atom. The van der Waals surface area contributed by atoms with Gasteiger partial charge in [0.15, 0.2) is 17.5 Å². The summed E-state index contributed by atoms with van der Waals surface area (Å²) in [5.41, 5.74) is 7.07. The van der Waals surface area contributed by atoms with Gasteiger partial charge in [0, 0.05) is 38.4 Å². The lowest BCUT2D eigenvalue weighted by atomic mass is 9.89. The van der Waals surface area contributed by atoms with Crippen LogP contribution in [0.15, 0.2) is 164 Å². The molecule has 228 valence electrons. The molecule has 0 bridgehead atoms. The molecular formula is C45H27N3O. The molecule has 2 heterocycles. The van der Waals surface area contributed by atoms with Crippen LogP contribution in [0, 0.1) is 0 Å². The maximum Gasteiger partial charge on any atom is 0.164 e. The summed E-state index contributed by atoms with van der Waals surface area (Å²) in [5.74, 6) is 3.59. The summed E-state index contributed by atoms with van der Waals surface area (Å²) in [7, 11) is 0. The SMILES string of the molecule is c1ccc(-c2ccc(-c3nc(-c4ccccc4)nc(-c4ccccc4-c4ccc5ccc6ccc7cccc8c7c6c5c4O8)n3)cc2)cc1. The van der Waals surface area contributed by atoms with E-state index in [-0.39, 0.29) is 0 Å². The van der Waals surface area contributed by atoms with Crippen molar-refractivity contribution in [3.05, 3.63) is 164 Å². The maximum absolute atomic E-state index is 6.84. The highest BCUT2D eigenvalue weighted by atomic mass is 16.5. The number of aromatic nitrogens is 3. The Bertz CT molecular complexity index is 2720. The van der Waals surface area contributed by atoms with Gasteiger partial charge < -0.3 is 4.74 Å². The minimum absolute atomic E-state index is 0.607. The minimum atomic E-state index is 0.607. The molecule has 0 atom stereocenters. The van der Waals surface area contributed by atoms with Crippen LogP contribution in [0.5, 0.6) is 11.5 Å². The molecule has 4 nitrogen and oxygen atoms in total. The van der Waals surface area contributed by atoms with Crippen molar-refractivity contribution in [1.82, 2.24) is 15.0 Å². The van der Waals surface area contributed by atoms with Gasteiger partial charge in [0.05, 0.1) is 0 Å². The predicted octanol–water partition coefficient (Wildman–Crippen LogP) is 11.8. The molecule has 0 unspecified atom stereocenters. The minimum Gasteiger partial charge on any atom is -0.455 e. The normalized spacial score (nSPS) is 11.8. The number of benzene rings is 8. The monoisotopic (exact) mass is 625 g/mol. The molecule has 1 aromatic heterocycles. The average Bonchev–Trinajstić information content (AvgIpc) is 3.18. The average molecular weight is 626 g/mol. The molecule has 8 aromatic carbocycles. The summed E-state index contributed by atoms with van der Waals surface area (Å²) in [6.07, 6.45) is 0. The van der Waals surface area contributed by atoms with Gasteiger partial charge in [-0.1, -0.05) is 152 Å². The Morgan fingerprint density at radius 2 is 0.816 bits per heavy atom. The van der Waals surface area contributed by atoms with Gasteiger partial charge in [-0.2, -0.15) is 0 Å². The highest BCUT2D eigenvalue weighted by Gasteiger charge is 2.24. The Hall–Kier alpha value is -6.65. The van der Waals surface area contributed by atoms with Crippen molar-refractivity contribution in [2.24, 2.45) is 0 Å². The molecule has 49 heavy (non-hydrogen) atoms. The highest BCUT2D eigenvalue weighted by Crippen LogP contribution is 2.51. The van der Waals surface area contributed by atoms with Crippen molar-refractivity contribution in [1.29, 1.82) is 0 Å². The van der Waals surface area contributed by atoms with Crippen molar-refractivity contribution >= 4 is 32.3 Å². The second-order valence-corrected chi connectivity index (χ2v) is 12.4. The van der Waals surface area contributed by atoms with Crippen LogP contribution >= 0.6 is 0 Å². The van der Waals surface area contributed by atoms with E-state index >= 15 is 0 Å². The fourth-order valence-electron chi connectivity index (χ4n) is 7.15. The fourth-order valence-corrected chi connectivity index (χ4v) is 7.15. The molecule has 1 aliphatic rings. The van der Waals surface area contributed by atoms with E-state index in [1.807, 2.05) is 42.5 Å². The van der Waals surface area contributed by atoms with E-state index in [9.17, 15) is 0 Å². The lowest BCUT2D eigenvalue weighted by molar-refractivity contribution is 0.494. The van der Waals surface area contributed by atoms with Gasteiger partial charge in [-0.3, -0.25) is 0 Å². The molecule has 0 spiro atoms. The molecule has 1 aliphatic heterocycles. The lowest BCUT2D eigenvalue weighted by Gasteiger charge is -2.23. The van der Waals surface area contributed by atoms with E-state index < -0.39 is 0 Å². The topological polar surface area (TPSA) is 47.9 Å². The first kappa shape index (κ1) is 27.5. The van der Waals surface area contributed by atoms with E-state index in [0.29, 0.717) is 17.5 Å². The zero-order chi connectivity index (χ0) is 32.3. The van der Waals surface area contributed by atoms with E-state index in [0.717, 1.165) is 61.0 Å².